The van der Waals surface area contributed by atoms with Crippen LogP contribution in [0.2, 0.25) is 0 Å². The summed E-state index contributed by atoms with van der Waals surface area (Å²) in [5.74, 6) is 0.540. The summed E-state index contributed by atoms with van der Waals surface area (Å²) in [6.45, 7) is 4.64. The molecule has 3 N–H and O–H groups in total. The zero-order valence-corrected chi connectivity index (χ0v) is 9.88. The molecule has 0 heterocycles. The van der Waals surface area contributed by atoms with E-state index in [-0.39, 0.29) is 0 Å². The lowest BCUT2D eigenvalue weighted by Crippen LogP contribution is -2.45. The maximum absolute atomic E-state index is 5.62. The zero-order chi connectivity index (χ0) is 11.1. The summed E-state index contributed by atoms with van der Waals surface area (Å²) in [4.78, 5) is 3.90. The molecule has 0 spiro atoms. The SMILES string of the molecule is CCOCCC1(CNC(N)=NC)CCC1. The van der Waals surface area contributed by atoms with E-state index < -0.39 is 0 Å². The number of nitrogens with zero attached hydrogens (tertiary/aromatic N) is 1. The maximum Gasteiger partial charge on any atom is 0.188 e. The number of nitrogens with one attached hydrogen (secondary N) is 1. The van der Waals surface area contributed by atoms with Crippen molar-refractivity contribution in [3.05, 3.63) is 0 Å². The summed E-state index contributed by atoms with van der Waals surface area (Å²) in [5, 5.41) is 3.17. The van der Waals surface area contributed by atoms with Crippen molar-refractivity contribution in [3.8, 4) is 0 Å². The highest BCUT2D eigenvalue weighted by Crippen LogP contribution is 2.43. The number of ether oxygens (including phenoxy) is 1. The highest BCUT2D eigenvalue weighted by atomic mass is 16.5. The van der Waals surface area contributed by atoms with Gasteiger partial charge in [0.15, 0.2) is 5.96 Å². The van der Waals surface area contributed by atoms with E-state index in [1.54, 1.807) is 7.05 Å². The van der Waals surface area contributed by atoms with Crippen LogP contribution in [0.4, 0.5) is 0 Å². The molecule has 4 heteroatoms. The zero-order valence-electron chi connectivity index (χ0n) is 9.88. The Hall–Kier alpha value is -0.770. The lowest BCUT2D eigenvalue weighted by Gasteiger charge is -2.42. The van der Waals surface area contributed by atoms with Crippen LogP contribution in [-0.4, -0.2) is 32.8 Å². The molecule has 1 rings (SSSR count). The topological polar surface area (TPSA) is 59.6 Å². The number of nitrogens with two attached hydrogens (primary N) is 1. The van der Waals surface area contributed by atoms with E-state index >= 15 is 0 Å². The molecule has 0 bridgehead atoms. The molecule has 1 aliphatic rings. The molecule has 1 fully saturated rings. The summed E-state index contributed by atoms with van der Waals surface area (Å²) in [5.41, 5.74) is 6.03. The van der Waals surface area contributed by atoms with E-state index in [9.17, 15) is 0 Å². The number of aliphatic imine (C=N–C) groups is 1. The van der Waals surface area contributed by atoms with Gasteiger partial charge in [-0.05, 0) is 31.6 Å². The summed E-state index contributed by atoms with van der Waals surface area (Å²) < 4.78 is 5.41. The molecule has 1 aliphatic carbocycles. The average Bonchev–Trinajstić information content (AvgIpc) is 2.20. The first kappa shape index (κ1) is 12.3. The van der Waals surface area contributed by atoms with Gasteiger partial charge in [-0.15, -0.1) is 0 Å². The van der Waals surface area contributed by atoms with Crippen molar-refractivity contribution >= 4 is 5.96 Å². The molecule has 0 aliphatic heterocycles. The normalized spacial score (nSPS) is 19.7. The number of hydrogen-bond acceptors (Lipinski definition) is 2. The lowest BCUT2D eigenvalue weighted by atomic mass is 9.67. The average molecular weight is 213 g/mol. The summed E-state index contributed by atoms with van der Waals surface area (Å²) in [6, 6.07) is 0. The first-order chi connectivity index (χ1) is 7.22. The van der Waals surface area contributed by atoms with Crippen molar-refractivity contribution in [2.24, 2.45) is 16.1 Å². The second-order valence-corrected chi connectivity index (χ2v) is 4.26. The Bertz CT molecular complexity index is 212. The molecule has 0 saturated heterocycles. The van der Waals surface area contributed by atoms with Gasteiger partial charge >= 0.3 is 0 Å². The van der Waals surface area contributed by atoms with Gasteiger partial charge in [0, 0.05) is 26.8 Å². The van der Waals surface area contributed by atoms with Crippen LogP contribution >= 0.6 is 0 Å². The van der Waals surface area contributed by atoms with Crippen LogP contribution < -0.4 is 11.1 Å². The molecule has 0 radical (unpaired) electrons. The summed E-state index contributed by atoms with van der Waals surface area (Å²) in [6.07, 6.45) is 5.02. The van der Waals surface area contributed by atoms with Crippen molar-refractivity contribution in [1.29, 1.82) is 0 Å². The highest BCUT2D eigenvalue weighted by Gasteiger charge is 2.36. The minimum Gasteiger partial charge on any atom is -0.382 e. The van der Waals surface area contributed by atoms with Gasteiger partial charge in [0.25, 0.3) is 0 Å². The van der Waals surface area contributed by atoms with Crippen molar-refractivity contribution in [2.75, 3.05) is 26.8 Å². The van der Waals surface area contributed by atoms with Gasteiger partial charge in [-0.25, -0.2) is 0 Å². The third-order valence-electron chi connectivity index (χ3n) is 3.28. The van der Waals surface area contributed by atoms with E-state index in [1.165, 1.54) is 19.3 Å². The van der Waals surface area contributed by atoms with Crippen LogP contribution in [-0.2, 0) is 4.74 Å². The van der Waals surface area contributed by atoms with E-state index in [1.807, 2.05) is 6.92 Å². The molecular formula is C11H23N3O. The second-order valence-electron chi connectivity index (χ2n) is 4.26. The van der Waals surface area contributed by atoms with Crippen LogP contribution in [0.3, 0.4) is 0 Å². The Morgan fingerprint density at radius 3 is 2.73 bits per heavy atom. The third-order valence-corrected chi connectivity index (χ3v) is 3.28. The molecule has 0 atom stereocenters. The molecule has 0 amide bonds. The fraction of sp³-hybridized carbons (Fsp3) is 0.909. The Balaban J connectivity index is 2.26. The quantitative estimate of drug-likeness (QED) is 0.395. The van der Waals surface area contributed by atoms with E-state index in [0.29, 0.717) is 11.4 Å². The maximum atomic E-state index is 5.62. The number of guanidine groups is 1. The van der Waals surface area contributed by atoms with Crippen molar-refractivity contribution < 1.29 is 4.74 Å². The smallest absolute Gasteiger partial charge is 0.188 e. The summed E-state index contributed by atoms with van der Waals surface area (Å²) in [7, 11) is 1.70. The molecule has 0 aromatic carbocycles. The van der Waals surface area contributed by atoms with E-state index in [0.717, 1.165) is 26.2 Å². The number of hydrogen-bond donors (Lipinski definition) is 2. The van der Waals surface area contributed by atoms with Crippen LogP contribution in [0, 0.1) is 5.41 Å². The Morgan fingerprint density at radius 1 is 1.53 bits per heavy atom. The fourth-order valence-electron chi connectivity index (χ4n) is 1.98. The molecule has 0 aromatic rings. The Labute approximate surface area is 92.3 Å². The molecule has 88 valence electrons. The van der Waals surface area contributed by atoms with Crippen molar-refractivity contribution in [2.45, 2.75) is 32.6 Å². The van der Waals surface area contributed by atoms with Gasteiger partial charge in [0.2, 0.25) is 0 Å². The monoisotopic (exact) mass is 213 g/mol. The van der Waals surface area contributed by atoms with Gasteiger partial charge in [-0.1, -0.05) is 6.42 Å². The van der Waals surface area contributed by atoms with Crippen LogP contribution in [0.5, 0.6) is 0 Å². The van der Waals surface area contributed by atoms with E-state index in [2.05, 4.69) is 10.3 Å². The standard InChI is InChI=1S/C11H23N3O/c1-3-15-8-7-11(5-4-6-11)9-14-10(12)13-2/h3-9H2,1-2H3,(H3,12,13,14). The number of rotatable bonds is 6. The lowest BCUT2D eigenvalue weighted by molar-refractivity contribution is 0.0573. The molecular weight excluding hydrogens is 190 g/mol. The molecule has 15 heavy (non-hydrogen) atoms. The van der Waals surface area contributed by atoms with Gasteiger partial charge in [0.05, 0.1) is 0 Å². The van der Waals surface area contributed by atoms with Gasteiger partial charge in [0.1, 0.15) is 0 Å². The van der Waals surface area contributed by atoms with E-state index in [4.69, 9.17) is 10.5 Å². The molecule has 0 aromatic heterocycles. The predicted octanol–water partition coefficient (Wildman–Crippen LogP) is 1.12. The molecule has 0 unspecified atom stereocenters. The molecule has 4 nitrogen and oxygen atoms in total. The van der Waals surface area contributed by atoms with Gasteiger partial charge < -0.3 is 15.8 Å². The molecule has 1 saturated carbocycles. The predicted molar refractivity (Wildman–Crippen MR) is 62.9 cm³/mol. The van der Waals surface area contributed by atoms with Crippen LogP contribution in [0.25, 0.3) is 0 Å². The highest BCUT2D eigenvalue weighted by molar-refractivity contribution is 5.77. The minimum absolute atomic E-state index is 0.407. The largest absolute Gasteiger partial charge is 0.382 e. The first-order valence-corrected chi connectivity index (χ1v) is 5.76. The fourth-order valence-corrected chi connectivity index (χ4v) is 1.98. The van der Waals surface area contributed by atoms with Crippen molar-refractivity contribution in [1.82, 2.24) is 5.32 Å². The Morgan fingerprint density at radius 2 is 2.27 bits per heavy atom. The van der Waals surface area contributed by atoms with Crippen molar-refractivity contribution in [3.63, 3.8) is 0 Å². The summed E-state index contributed by atoms with van der Waals surface area (Å²) >= 11 is 0. The van der Waals surface area contributed by atoms with Crippen LogP contribution in [0.15, 0.2) is 4.99 Å². The second kappa shape index (κ2) is 5.95. The third kappa shape index (κ3) is 3.70. The first-order valence-electron chi connectivity index (χ1n) is 5.76. The Kier molecular flexibility index (Phi) is 4.88. The van der Waals surface area contributed by atoms with Gasteiger partial charge in [-0.2, -0.15) is 0 Å². The van der Waals surface area contributed by atoms with Gasteiger partial charge in [-0.3, -0.25) is 4.99 Å². The van der Waals surface area contributed by atoms with Crippen LogP contribution in [0.1, 0.15) is 32.6 Å². The minimum atomic E-state index is 0.407.